The van der Waals surface area contributed by atoms with Gasteiger partial charge in [0.15, 0.2) is 0 Å². The summed E-state index contributed by atoms with van der Waals surface area (Å²) in [4.78, 5) is 0. The van der Waals surface area contributed by atoms with Crippen LogP contribution in [0.5, 0.6) is 0 Å². The van der Waals surface area contributed by atoms with Crippen molar-refractivity contribution in [1.29, 1.82) is 0 Å². The molecule has 0 amide bonds. The summed E-state index contributed by atoms with van der Waals surface area (Å²) in [5, 5.41) is 3.30. The van der Waals surface area contributed by atoms with Crippen molar-refractivity contribution in [3.8, 4) is 0 Å². The van der Waals surface area contributed by atoms with Gasteiger partial charge in [0.05, 0.1) is 0 Å². The average Bonchev–Trinajstić information content (AvgIpc) is 2.26. The summed E-state index contributed by atoms with van der Waals surface area (Å²) in [6, 6.07) is 10.9. The molecule has 0 saturated carbocycles. The second-order valence-electron chi connectivity index (χ2n) is 3.54. The number of benzene rings is 1. The highest BCUT2D eigenvalue weighted by Crippen LogP contribution is 2.10. The van der Waals surface area contributed by atoms with Gasteiger partial charge in [-0.3, -0.25) is 0 Å². The molecule has 1 atom stereocenters. The molecule has 1 rings (SSSR count). The van der Waals surface area contributed by atoms with Crippen LogP contribution in [-0.4, -0.2) is 13.1 Å². The van der Waals surface area contributed by atoms with Crippen LogP contribution in [0.2, 0.25) is 0 Å². The molecular weight excluding hydrogens is 170 g/mol. The van der Waals surface area contributed by atoms with Crippen molar-refractivity contribution >= 4 is 0 Å². The third kappa shape index (κ3) is 3.00. The fraction of sp³-hybridized carbons (Fsp3) is 0.385. The van der Waals surface area contributed by atoms with E-state index in [0.717, 1.165) is 12.8 Å². The fourth-order valence-electron chi connectivity index (χ4n) is 1.55. The first-order valence-electron chi connectivity index (χ1n) is 5.16. The van der Waals surface area contributed by atoms with Crippen LogP contribution in [-0.2, 0) is 6.42 Å². The van der Waals surface area contributed by atoms with Crippen LogP contribution in [0.1, 0.15) is 18.9 Å². The number of rotatable bonds is 5. The summed E-state index contributed by atoms with van der Waals surface area (Å²) >= 11 is 0. The number of likely N-dealkylation sites (N-methyl/N-ethyl adjacent to an activating group) is 1. The quantitative estimate of drug-likeness (QED) is 0.702. The van der Waals surface area contributed by atoms with E-state index in [0.29, 0.717) is 6.04 Å². The van der Waals surface area contributed by atoms with Crippen molar-refractivity contribution in [3.05, 3.63) is 48.0 Å². The van der Waals surface area contributed by atoms with Crippen LogP contribution in [0, 0.1) is 0 Å². The lowest BCUT2D eigenvalue weighted by Gasteiger charge is -2.17. The predicted molar refractivity (Wildman–Crippen MR) is 62.4 cm³/mol. The molecule has 14 heavy (non-hydrogen) atoms. The molecule has 1 aromatic carbocycles. The van der Waals surface area contributed by atoms with E-state index in [2.05, 4.69) is 43.1 Å². The zero-order valence-electron chi connectivity index (χ0n) is 9.09. The molecule has 0 bridgehead atoms. The highest BCUT2D eigenvalue weighted by atomic mass is 14.9. The van der Waals surface area contributed by atoms with Crippen LogP contribution in [0.4, 0.5) is 0 Å². The maximum Gasteiger partial charge on any atom is 0.0314 e. The first kappa shape index (κ1) is 11.0. The molecular formula is C13H19N. The van der Waals surface area contributed by atoms with E-state index in [1.807, 2.05) is 13.1 Å². The van der Waals surface area contributed by atoms with Crippen LogP contribution >= 0.6 is 0 Å². The van der Waals surface area contributed by atoms with Crippen LogP contribution in [0.15, 0.2) is 42.5 Å². The SMILES string of the molecule is C=C(CC)C(Cc1ccccc1)NC. The van der Waals surface area contributed by atoms with Crippen LogP contribution in [0.3, 0.4) is 0 Å². The second-order valence-corrected chi connectivity index (χ2v) is 3.54. The molecule has 0 aliphatic heterocycles. The first-order chi connectivity index (χ1) is 6.77. The van der Waals surface area contributed by atoms with Gasteiger partial charge in [-0.05, 0) is 25.5 Å². The number of hydrogen-bond donors (Lipinski definition) is 1. The normalized spacial score (nSPS) is 12.4. The molecule has 1 nitrogen and oxygen atoms in total. The Morgan fingerprint density at radius 2 is 2.00 bits per heavy atom. The molecule has 76 valence electrons. The molecule has 0 heterocycles. The predicted octanol–water partition coefficient (Wildman–Crippen LogP) is 2.78. The molecule has 0 fully saturated rings. The van der Waals surface area contributed by atoms with Gasteiger partial charge in [0.25, 0.3) is 0 Å². The molecule has 1 unspecified atom stereocenters. The van der Waals surface area contributed by atoms with Gasteiger partial charge in [0, 0.05) is 6.04 Å². The standard InChI is InChI=1S/C13H19N/c1-4-11(2)13(14-3)10-12-8-6-5-7-9-12/h5-9,13-14H,2,4,10H2,1,3H3. The summed E-state index contributed by atoms with van der Waals surface area (Å²) < 4.78 is 0. The molecule has 1 N–H and O–H groups in total. The molecule has 0 radical (unpaired) electrons. The summed E-state index contributed by atoms with van der Waals surface area (Å²) in [6.45, 7) is 6.23. The van der Waals surface area contributed by atoms with E-state index in [9.17, 15) is 0 Å². The Morgan fingerprint density at radius 3 is 2.50 bits per heavy atom. The monoisotopic (exact) mass is 189 g/mol. The van der Waals surface area contributed by atoms with Gasteiger partial charge >= 0.3 is 0 Å². The van der Waals surface area contributed by atoms with Gasteiger partial charge in [-0.2, -0.15) is 0 Å². The largest absolute Gasteiger partial charge is 0.313 e. The van der Waals surface area contributed by atoms with E-state index < -0.39 is 0 Å². The summed E-state index contributed by atoms with van der Waals surface area (Å²) in [6.07, 6.45) is 2.07. The number of hydrogen-bond acceptors (Lipinski definition) is 1. The minimum absolute atomic E-state index is 0.405. The lowest BCUT2D eigenvalue weighted by molar-refractivity contribution is 0.618. The maximum absolute atomic E-state index is 4.08. The Labute approximate surface area is 86.8 Å². The summed E-state index contributed by atoms with van der Waals surface area (Å²) in [5.41, 5.74) is 2.64. The van der Waals surface area contributed by atoms with Gasteiger partial charge in [-0.25, -0.2) is 0 Å². The summed E-state index contributed by atoms with van der Waals surface area (Å²) in [7, 11) is 1.99. The maximum atomic E-state index is 4.08. The van der Waals surface area contributed by atoms with Crippen molar-refractivity contribution in [2.24, 2.45) is 0 Å². The van der Waals surface area contributed by atoms with Crippen LogP contribution < -0.4 is 5.32 Å². The third-order valence-corrected chi connectivity index (χ3v) is 2.58. The van der Waals surface area contributed by atoms with E-state index in [4.69, 9.17) is 0 Å². The zero-order valence-corrected chi connectivity index (χ0v) is 9.09. The van der Waals surface area contributed by atoms with Gasteiger partial charge < -0.3 is 5.32 Å². The van der Waals surface area contributed by atoms with Gasteiger partial charge in [-0.1, -0.05) is 49.4 Å². The van der Waals surface area contributed by atoms with E-state index in [1.54, 1.807) is 0 Å². The van der Waals surface area contributed by atoms with Crippen LogP contribution in [0.25, 0.3) is 0 Å². The first-order valence-corrected chi connectivity index (χ1v) is 5.16. The molecule has 0 aromatic heterocycles. The Bertz CT molecular complexity index is 277. The van der Waals surface area contributed by atoms with Crippen molar-refractivity contribution in [1.82, 2.24) is 5.32 Å². The number of nitrogens with one attached hydrogen (secondary N) is 1. The van der Waals surface area contributed by atoms with E-state index in [-0.39, 0.29) is 0 Å². The molecule has 0 spiro atoms. The minimum atomic E-state index is 0.405. The molecule has 1 heteroatoms. The van der Waals surface area contributed by atoms with Crippen molar-refractivity contribution in [2.45, 2.75) is 25.8 Å². The van der Waals surface area contributed by atoms with Gasteiger partial charge in [0.2, 0.25) is 0 Å². The Hall–Kier alpha value is -1.08. The lowest BCUT2D eigenvalue weighted by Crippen LogP contribution is -2.29. The molecule has 0 aliphatic rings. The highest BCUT2D eigenvalue weighted by Gasteiger charge is 2.08. The second kappa shape index (κ2) is 5.61. The van der Waals surface area contributed by atoms with Gasteiger partial charge in [0.1, 0.15) is 0 Å². The smallest absolute Gasteiger partial charge is 0.0314 e. The Kier molecular flexibility index (Phi) is 4.41. The van der Waals surface area contributed by atoms with E-state index >= 15 is 0 Å². The van der Waals surface area contributed by atoms with Crippen molar-refractivity contribution < 1.29 is 0 Å². The van der Waals surface area contributed by atoms with E-state index in [1.165, 1.54) is 11.1 Å². The molecule has 1 aromatic rings. The molecule has 0 aliphatic carbocycles. The Balaban J connectivity index is 2.62. The zero-order chi connectivity index (χ0) is 10.4. The minimum Gasteiger partial charge on any atom is -0.313 e. The Morgan fingerprint density at radius 1 is 1.36 bits per heavy atom. The molecule has 0 saturated heterocycles. The summed E-state index contributed by atoms with van der Waals surface area (Å²) in [5.74, 6) is 0. The third-order valence-electron chi connectivity index (χ3n) is 2.58. The fourth-order valence-corrected chi connectivity index (χ4v) is 1.55. The topological polar surface area (TPSA) is 12.0 Å². The highest BCUT2D eigenvalue weighted by molar-refractivity contribution is 5.19. The average molecular weight is 189 g/mol. The van der Waals surface area contributed by atoms with Crippen molar-refractivity contribution in [2.75, 3.05) is 7.05 Å². The van der Waals surface area contributed by atoms with Crippen molar-refractivity contribution in [3.63, 3.8) is 0 Å². The van der Waals surface area contributed by atoms with Gasteiger partial charge in [-0.15, -0.1) is 0 Å². The lowest BCUT2D eigenvalue weighted by atomic mass is 9.99.